The van der Waals surface area contributed by atoms with Crippen LogP contribution in [0.25, 0.3) is 11.1 Å². The third-order valence-electron chi connectivity index (χ3n) is 2.33. The lowest BCUT2D eigenvalue weighted by atomic mass is 10.0. The minimum atomic E-state index is 0.0344. The molecule has 0 bridgehead atoms. The zero-order chi connectivity index (χ0) is 10.7. The van der Waals surface area contributed by atoms with Gasteiger partial charge in [-0.25, -0.2) is 0 Å². The molecule has 0 aliphatic rings. The number of aliphatic hydroxyl groups excluding tert-OH is 1. The molecular weight excluding hydrogens is 186 g/mol. The lowest BCUT2D eigenvalue weighted by Crippen LogP contribution is -1.87. The molecule has 0 saturated heterocycles. The molecule has 0 spiro atoms. The van der Waals surface area contributed by atoms with Crippen LogP contribution in [0.1, 0.15) is 11.1 Å². The van der Waals surface area contributed by atoms with Crippen molar-refractivity contribution in [3.63, 3.8) is 0 Å². The highest BCUT2D eigenvalue weighted by atomic mass is 16.3. The average Bonchev–Trinajstić information content (AvgIpc) is 2.29. The van der Waals surface area contributed by atoms with E-state index in [-0.39, 0.29) is 6.61 Å². The van der Waals surface area contributed by atoms with E-state index in [1.165, 1.54) is 5.56 Å². The molecule has 15 heavy (non-hydrogen) atoms. The monoisotopic (exact) mass is 199 g/mol. The average molecular weight is 199 g/mol. The van der Waals surface area contributed by atoms with Crippen LogP contribution in [0.3, 0.4) is 0 Å². The lowest BCUT2D eigenvalue weighted by molar-refractivity contribution is 0.281. The van der Waals surface area contributed by atoms with Crippen molar-refractivity contribution in [2.24, 2.45) is 0 Å². The van der Waals surface area contributed by atoms with Crippen LogP contribution in [-0.4, -0.2) is 10.1 Å². The molecule has 0 aliphatic heterocycles. The Morgan fingerprint density at radius 3 is 2.73 bits per heavy atom. The molecule has 1 N–H and O–H groups in total. The lowest BCUT2D eigenvalue weighted by Gasteiger charge is -2.03. The van der Waals surface area contributed by atoms with Crippen molar-refractivity contribution in [2.75, 3.05) is 0 Å². The molecule has 2 nitrogen and oxygen atoms in total. The number of rotatable bonds is 2. The smallest absolute Gasteiger partial charge is 0.0697 e. The van der Waals surface area contributed by atoms with Gasteiger partial charge in [0.05, 0.1) is 6.61 Å². The van der Waals surface area contributed by atoms with E-state index in [0.29, 0.717) is 0 Å². The number of aromatic nitrogens is 1. The van der Waals surface area contributed by atoms with Crippen molar-refractivity contribution < 1.29 is 5.11 Å². The summed E-state index contributed by atoms with van der Waals surface area (Å²) in [5.74, 6) is 0. The highest BCUT2D eigenvalue weighted by Crippen LogP contribution is 2.20. The Hall–Kier alpha value is -1.67. The Labute approximate surface area is 89.2 Å². The van der Waals surface area contributed by atoms with Crippen molar-refractivity contribution in [1.29, 1.82) is 0 Å². The van der Waals surface area contributed by atoms with Crippen LogP contribution in [0, 0.1) is 6.92 Å². The zero-order valence-electron chi connectivity index (χ0n) is 8.64. The van der Waals surface area contributed by atoms with E-state index in [2.05, 4.69) is 24.0 Å². The summed E-state index contributed by atoms with van der Waals surface area (Å²) in [6.07, 6.45) is 3.49. The van der Waals surface area contributed by atoms with Gasteiger partial charge in [0.15, 0.2) is 0 Å². The van der Waals surface area contributed by atoms with Crippen LogP contribution in [-0.2, 0) is 6.61 Å². The van der Waals surface area contributed by atoms with E-state index in [9.17, 15) is 0 Å². The first kappa shape index (κ1) is 9.87. The van der Waals surface area contributed by atoms with Gasteiger partial charge >= 0.3 is 0 Å². The van der Waals surface area contributed by atoms with E-state index < -0.39 is 0 Å². The summed E-state index contributed by atoms with van der Waals surface area (Å²) in [5.41, 5.74) is 4.25. The topological polar surface area (TPSA) is 33.1 Å². The number of aryl methyl sites for hydroxylation is 1. The minimum Gasteiger partial charge on any atom is -0.392 e. The fourth-order valence-electron chi connectivity index (χ4n) is 1.56. The fraction of sp³-hybridized carbons (Fsp3) is 0.154. The first-order chi connectivity index (χ1) is 7.29. The number of hydrogen-bond acceptors (Lipinski definition) is 2. The van der Waals surface area contributed by atoms with Crippen molar-refractivity contribution in [2.45, 2.75) is 13.5 Å². The van der Waals surface area contributed by atoms with Crippen LogP contribution in [0.4, 0.5) is 0 Å². The Balaban J connectivity index is 2.44. The van der Waals surface area contributed by atoms with Gasteiger partial charge in [0.2, 0.25) is 0 Å². The number of aliphatic hydroxyl groups is 1. The summed E-state index contributed by atoms with van der Waals surface area (Å²) in [6.45, 7) is 2.10. The van der Waals surface area contributed by atoms with E-state index >= 15 is 0 Å². The molecule has 0 fully saturated rings. The molecule has 1 aromatic carbocycles. The second-order valence-corrected chi connectivity index (χ2v) is 3.61. The Kier molecular flexibility index (Phi) is 2.79. The van der Waals surface area contributed by atoms with Crippen molar-refractivity contribution in [3.8, 4) is 11.1 Å². The van der Waals surface area contributed by atoms with Crippen molar-refractivity contribution in [3.05, 3.63) is 53.9 Å². The zero-order valence-corrected chi connectivity index (χ0v) is 8.64. The fourth-order valence-corrected chi connectivity index (χ4v) is 1.56. The van der Waals surface area contributed by atoms with E-state index in [0.717, 1.165) is 16.7 Å². The van der Waals surface area contributed by atoms with Crippen LogP contribution in [0.2, 0.25) is 0 Å². The molecule has 0 aliphatic carbocycles. The number of benzene rings is 1. The first-order valence-electron chi connectivity index (χ1n) is 4.91. The maximum atomic E-state index is 9.02. The molecule has 0 amide bonds. The minimum absolute atomic E-state index is 0.0344. The maximum absolute atomic E-state index is 9.02. The van der Waals surface area contributed by atoms with Gasteiger partial charge in [0, 0.05) is 18.0 Å². The Bertz CT molecular complexity index is 466. The third-order valence-corrected chi connectivity index (χ3v) is 2.33. The highest BCUT2D eigenvalue weighted by Gasteiger charge is 1.99. The van der Waals surface area contributed by atoms with Gasteiger partial charge in [-0.2, -0.15) is 0 Å². The molecule has 0 saturated carbocycles. The van der Waals surface area contributed by atoms with Crippen molar-refractivity contribution >= 4 is 0 Å². The molecule has 0 unspecified atom stereocenters. The molecule has 2 aromatic rings. The number of nitrogens with zero attached hydrogens (tertiary/aromatic N) is 1. The molecule has 2 heteroatoms. The number of pyridine rings is 1. The molecule has 1 aromatic heterocycles. The van der Waals surface area contributed by atoms with E-state index in [1.54, 1.807) is 6.20 Å². The largest absolute Gasteiger partial charge is 0.392 e. The summed E-state index contributed by atoms with van der Waals surface area (Å²) in [6, 6.07) is 10.2. The van der Waals surface area contributed by atoms with Crippen molar-refractivity contribution in [1.82, 2.24) is 4.98 Å². The summed E-state index contributed by atoms with van der Waals surface area (Å²) in [5, 5.41) is 9.02. The molecule has 2 rings (SSSR count). The van der Waals surface area contributed by atoms with Crippen LogP contribution >= 0.6 is 0 Å². The summed E-state index contributed by atoms with van der Waals surface area (Å²) < 4.78 is 0. The Morgan fingerprint density at radius 1 is 1.13 bits per heavy atom. The maximum Gasteiger partial charge on any atom is 0.0697 e. The molecule has 1 heterocycles. The van der Waals surface area contributed by atoms with Gasteiger partial charge in [-0.3, -0.25) is 4.98 Å². The Morgan fingerprint density at radius 2 is 2.00 bits per heavy atom. The second-order valence-electron chi connectivity index (χ2n) is 3.61. The summed E-state index contributed by atoms with van der Waals surface area (Å²) >= 11 is 0. The van der Waals surface area contributed by atoms with Crippen LogP contribution in [0.15, 0.2) is 42.7 Å². The third kappa shape index (κ3) is 2.22. The van der Waals surface area contributed by atoms with Gasteiger partial charge in [-0.05, 0) is 24.1 Å². The van der Waals surface area contributed by atoms with Gasteiger partial charge in [0.25, 0.3) is 0 Å². The predicted octanol–water partition coefficient (Wildman–Crippen LogP) is 2.55. The highest BCUT2D eigenvalue weighted by molar-refractivity contribution is 5.63. The quantitative estimate of drug-likeness (QED) is 0.806. The van der Waals surface area contributed by atoms with Gasteiger partial charge in [-0.15, -0.1) is 0 Å². The normalized spacial score (nSPS) is 10.3. The van der Waals surface area contributed by atoms with Crippen LogP contribution in [0.5, 0.6) is 0 Å². The standard InChI is InChI=1S/C13H13NO/c1-10-3-2-4-12(5-10)13-6-11(9-15)7-14-8-13/h2-8,15H,9H2,1H3. The SMILES string of the molecule is Cc1cccc(-c2cncc(CO)c2)c1. The van der Waals surface area contributed by atoms with E-state index in [1.807, 2.05) is 24.4 Å². The first-order valence-corrected chi connectivity index (χ1v) is 4.91. The molecule has 0 radical (unpaired) electrons. The molecular formula is C13H13NO. The molecule has 76 valence electrons. The second kappa shape index (κ2) is 4.24. The van der Waals surface area contributed by atoms with Gasteiger partial charge in [0.1, 0.15) is 0 Å². The van der Waals surface area contributed by atoms with Gasteiger partial charge < -0.3 is 5.11 Å². The summed E-state index contributed by atoms with van der Waals surface area (Å²) in [7, 11) is 0. The van der Waals surface area contributed by atoms with E-state index in [4.69, 9.17) is 5.11 Å². The predicted molar refractivity (Wildman–Crippen MR) is 60.3 cm³/mol. The number of hydrogen-bond donors (Lipinski definition) is 1. The van der Waals surface area contributed by atoms with Gasteiger partial charge in [-0.1, -0.05) is 29.8 Å². The van der Waals surface area contributed by atoms with Crippen LogP contribution < -0.4 is 0 Å². The molecule has 0 atom stereocenters. The summed E-state index contributed by atoms with van der Waals surface area (Å²) in [4.78, 5) is 4.10.